The molecule has 80 valence electrons. The molecule has 1 heterocycles. The van der Waals surface area contributed by atoms with Crippen LogP contribution in [0.2, 0.25) is 0 Å². The Balaban J connectivity index is 2.16. The molecule has 4 heteroatoms. The fourth-order valence-electron chi connectivity index (χ4n) is 2.62. The highest BCUT2D eigenvalue weighted by Crippen LogP contribution is 2.38. The molecule has 2 rings (SSSR count). The highest BCUT2D eigenvalue weighted by Gasteiger charge is 2.52. The summed E-state index contributed by atoms with van der Waals surface area (Å²) >= 11 is 0. The molecular formula is C10H18N2O2. The normalized spacial score (nSPS) is 38.9. The lowest BCUT2D eigenvalue weighted by Gasteiger charge is -2.31. The summed E-state index contributed by atoms with van der Waals surface area (Å²) in [5, 5.41) is 9.14. The van der Waals surface area contributed by atoms with Crippen LogP contribution in [0.15, 0.2) is 0 Å². The Bertz CT molecular complexity index is 253. The second-order valence-electron chi connectivity index (χ2n) is 4.49. The van der Waals surface area contributed by atoms with Crippen LogP contribution < -0.4 is 5.73 Å². The van der Waals surface area contributed by atoms with Gasteiger partial charge in [0.2, 0.25) is 0 Å². The van der Waals surface area contributed by atoms with Gasteiger partial charge >= 0.3 is 5.97 Å². The Labute approximate surface area is 84.1 Å². The SMILES string of the molecule is CCC1N(C2CC2)CCC1(N)C(=O)O. The Morgan fingerprint density at radius 3 is 2.71 bits per heavy atom. The van der Waals surface area contributed by atoms with Crippen molar-refractivity contribution >= 4 is 5.97 Å². The predicted octanol–water partition coefficient (Wildman–Crippen LogP) is 0.415. The lowest BCUT2D eigenvalue weighted by atomic mass is 9.90. The van der Waals surface area contributed by atoms with E-state index >= 15 is 0 Å². The van der Waals surface area contributed by atoms with Gasteiger partial charge in [-0.1, -0.05) is 6.92 Å². The zero-order valence-electron chi connectivity index (χ0n) is 8.57. The van der Waals surface area contributed by atoms with Gasteiger partial charge in [0.05, 0.1) is 0 Å². The molecule has 0 radical (unpaired) electrons. The Morgan fingerprint density at radius 2 is 2.29 bits per heavy atom. The third-order valence-electron chi connectivity index (χ3n) is 3.58. The van der Waals surface area contributed by atoms with Crippen molar-refractivity contribution < 1.29 is 9.90 Å². The molecule has 2 unspecified atom stereocenters. The maximum absolute atomic E-state index is 11.1. The minimum absolute atomic E-state index is 0.0347. The minimum Gasteiger partial charge on any atom is -0.480 e. The number of likely N-dealkylation sites (tertiary alicyclic amines) is 1. The van der Waals surface area contributed by atoms with Crippen molar-refractivity contribution in [2.45, 2.75) is 50.2 Å². The van der Waals surface area contributed by atoms with E-state index in [0.29, 0.717) is 12.5 Å². The lowest BCUT2D eigenvalue weighted by Crippen LogP contribution is -2.57. The molecule has 3 N–H and O–H groups in total. The fraction of sp³-hybridized carbons (Fsp3) is 0.900. The third kappa shape index (κ3) is 1.33. The number of hydrogen-bond donors (Lipinski definition) is 2. The molecular weight excluding hydrogens is 180 g/mol. The van der Waals surface area contributed by atoms with Gasteiger partial charge in [-0.3, -0.25) is 9.69 Å². The van der Waals surface area contributed by atoms with Crippen LogP contribution in [0.3, 0.4) is 0 Å². The van der Waals surface area contributed by atoms with Gasteiger partial charge in [0.1, 0.15) is 5.54 Å². The summed E-state index contributed by atoms with van der Waals surface area (Å²) in [6.07, 6.45) is 3.86. The number of nitrogens with zero attached hydrogens (tertiary/aromatic N) is 1. The van der Waals surface area contributed by atoms with E-state index in [2.05, 4.69) is 4.90 Å². The van der Waals surface area contributed by atoms with Crippen molar-refractivity contribution in [3.05, 3.63) is 0 Å². The monoisotopic (exact) mass is 198 g/mol. The molecule has 2 aliphatic rings. The second kappa shape index (κ2) is 3.21. The highest BCUT2D eigenvalue weighted by molar-refractivity contribution is 5.80. The predicted molar refractivity (Wildman–Crippen MR) is 53.0 cm³/mol. The van der Waals surface area contributed by atoms with Gasteiger partial charge in [-0.25, -0.2) is 0 Å². The lowest BCUT2D eigenvalue weighted by molar-refractivity contribution is -0.144. The van der Waals surface area contributed by atoms with E-state index in [4.69, 9.17) is 10.8 Å². The molecule has 0 spiro atoms. The molecule has 1 aliphatic heterocycles. The first-order valence-corrected chi connectivity index (χ1v) is 5.37. The van der Waals surface area contributed by atoms with Crippen molar-refractivity contribution in [3.8, 4) is 0 Å². The molecule has 1 saturated heterocycles. The van der Waals surface area contributed by atoms with Crippen LogP contribution in [0.25, 0.3) is 0 Å². The molecule has 0 bridgehead atoms. The van der Waals surface area contributed by atoms with E-state index in [1.54, 1.807) is 0 Å². The van der Waals surface area contributed by atoms with Crippen LogP contribution in [0.4, 0.5) is 0 Å². The fourth-order valence-corrected chi connectivity index (χ4v) is 2.62. The number of nitrogens with two attached hydrogens (primary N) is 1. The first-order chi connectivity index (χ1) is 6.59. The van der Waals surface area contributed by atoms with Gasteiger partial charge in [-0.2, -0.15) is 0 Å². The van der Waals surface area contributed by atoms with E-state index in [-0.39, 0.29) is 6.04 Å². The van der Waals surface area contributed by atoms with Gasteiger partial charge in [-0.05, 0) is 25.7 Å². The van der Waals surface area contributed by atoms with Crippen molar-refractivity contribution in [2.75, 3.05) is 6.54 Å². The molecule has 2 fully saturated rings. The Kier molecular flexibility index (Phi) is 2.27. The van der Waals surface area contributed by atoms with Gasteiger partial charge in [-0.15, -0.1) is 0 Å². The third-order valence-corrected chi connectivity index (χ3v) is 3.58. The summed E-state index contributed by atoms with van der Waals surface area (Å²) in [4.78, 5) is 13.4. The highest BCUT2D eigenvalue weighted by atomic mass is 16.4. The van der Waals surface area contributed by atoms with Crippen LogP contribution >= 0.6 is 0 Å². The van der Waals surface area contributed by atoms with Gasteiger partial charge in [0.25, 0.3) is 0 Å². The molecule has 0 aromatic carbocycles. The van der Waals surface area contributed by atoms with Crippen molar-refractivity contribution in [2.24, 2.45) is 5.73 Å². The largest absolute Gasteiger partial charge is 0.480 e. The van der Waals surface area contributed by atoms with E-state index in [1.165, 1.54) is 12.8 Å². The van der Waals surface area contributed by atoms with Crippen LogP contribution in [0.1, 0.15) is 32.6 Å². The molecule has 4 nitrogen and oxygen atoms in total. The second-order valence-corrected chi connectivity index (χ2v) is 4.49. The van der Waals surface area contributed by atoms with Crippen molar-refractivity contribution in [1.29, 1.82) is 0 Å². The average Bonchev–Trinajstić information content (AvgIpc) is 2.90. The summed E-state index contributed by atoms with van der Waals surface area (Å²) in [6, 6.07) is 0.650. The first-order valence-electron chi connectivity index (χ1n) is 5.37. The zero-order valence-corrected chi connectivity index (χ0v) is 8.57. The number of carbonyl (C=O) groups is 1. The maximum atomic E-state index is 11.1. The molecule has 1 aliphatic carbocycles. The quantitative estimate of drug-likeness (QED) is 0.689. The molecule has 14 heavy (non-hydrogen) atoms. The van der Waals surface area contributed by atoms with Gasteiger partial charge in [0.15, 0.2) is 0 Å². The molecule has 1 saturated carbocycles. The zero-order chi connectivity index (χ0) is 10.3. The van der Waals surface area contributed by atoms with Gasteiger partial charge in [0, 0.05) is 18.6 Å². The number of carboxylic acids is 1. The summed E-state index contributed by atoms with van der Waals surface area (Å²) in [6.45, 7) is 2.88. The van der Waals surface area contributed by atoms with Crippen LogP contribution in [0.5, 0.6) is 0 Å². The average molecular weight is 198 g/mol. The maximum Gasteiger partial charge on any atom is 0.325 e. The summed E-state index contributed by atoms with van der Waals surface area (Å²) in [7, 11) is 0. The van der Waals surface area contributed by atoms with E-state index in [0.717, 1.165) is 13.0 Å². The molecule has 0 aromatic heterocycles. The summed E-state index contributed by atoms with van der Waals surface area (Å²) < 4.78 is 0. The van der Waals surface area contributed by atoms with Gasteiger partial charge < -0.3 is 10.8 Å². The number of carboxylic acid groups (broad SMARTS) is 1. The van der Waals surface area contributed by atoms with Crippen molar-refractivity contribution in [1.82, 2.24) is 4.90 Å². The minimum atomic E-state index is -1.00. The van der Waals surface area contributed by atoms with E-state index in [1.807, 2.05) is 6.92 Å². The standard InChI is InChI=1S/C10H18N2O2/c1-2-8-10(11,9(13)14)5-6-12(8)7-3-4-7/h7-8H,2-6,11H2,1H3,(H,13,14). The molecule has 0 aromatic rings. The summed E-state index contributed by atoms with van der Waals surface area (Å²) in [5.41, 5.74) is 4.97. The van der Waals surface area contributed by atoms with Crippen LogP contribution in [0, 0.1) is 0 Å². The first kappa shape index (κ1) is 9.93. The number of aliphatic carboxylic acids is 1. The number of rotatable bonds is 3. The topological polar surface area (TPSA) is 66.6 Å². The molecule has 0 amide bonds. The van der Waals surface area contributed by atoms with E-state index in [9.17, 15) is 4.79 Å². The Hall–Kier alpha value is -0.610. The molecule has 2 atom stereocenters. The smallest absolute Gasteiger partial charge is 0.325 e. The number of hydrogen-bond acceptors (Lipinski definition) is 3. The van der Waals surface area contributed by atoms with E-state index < -0.39 is 11.5 Å². The Morgan fingerprint density at radius 1 is 1.64 bits per heavy atom. The van der Waals surface area contributed by atoms with Crippen LogP contribution in [-0.4, -0.2) is 40.1 Å². The summed E-state index contributed by atoms with van der Waals surface area (Å²) in [5.74, 6) is -0.840. The van der Waals surface area contributed by atoms with Crippen LogP contribution in [-0.2, 0) is 4.79 Å². The van der Waals surface area contributed by atoms with Crippen molar-refractivity contribution in [3.63, 3.8) is 0 Å².